The number of benzene rings is 1. The highest BCUT2D eigenvalue weighted by atomic mass is 16.5. The molecule has 0 bridgehead atoms. The molecule has 2 heterocycles. The van der Waals surface area contributed by atoms with Gasteiger partial charge in [0.15, 0.2) is 11.5 Å². The predicted octanol–water partition coefficient (Wildman–Crippen LogP) is 1.12. The summed E-state index contributed by atoms with van der Waals surface area (Å²) in [6.07, 6.45) is 0. The van der Waals surface area contributed by atoms with Crippen LogP contribution in [0, 0.1) is 0 Å². The van der Waals surface area contributed by atoms with E-state index in [9.17, 15) is 4.79 Å². The van der Waals surface area contributed by atoms with Crippen molar-refractivity contribution in [1.29, 1.82) is 0 Å². The second kappa shape index (κ2) is 6.13. The monoisotopic (exact) mass is 316 g/mol. The number of rotatable bonds is 5. The summed E-state index contributed by atoms with van der Waals surface area (Å²) in [7, 11) is 3.08. The molecule has 118 valence electrons. The largest absolute Gasteiger partial charge is 0.497 e. The maximum absolute atomic E-state index is 12.0. The van der Waals surface area contributed by atoms with Gasteiger partial charge in [-0.15, -0.1) is 5.10 Å². The van der Waals surface area contributed by atoms with Crippen molar-refractivity contribution < 1.29 is 18.8 Å². The summed E-state index contributed by atoms with van der Waals surface area (Å²) in [5, 5.41) is 19.0. The van der Waals surface area contributed by atoms with Crippen molar-refractivity contribution in [3.8, 4) is 22.8 Å². The molecule has 0 atom stereocenters. The van der Waals surface area contributed by atoms with Crippen LogP contribution < -0.4 is 14.8 Å². The first kappa shape index (κ1) is 14.5. The van der Waals surface area contributed by atoms with Crippen LogP contribution in [-0.2, 0) is 0 Å². The van der Waals surface area contributed by atoms with Crippen molar-refractivity contribution in [3.05, 3.63) is 30.0 Å². The number of hydrogen-bond acceptors (Lipinski definition) is 8. The first-order valence-corrected chi connectivity index (χ1v) is 6.45. The molecule has 10 nitrogen and oxygen atoms in total. The van der Waals surface area contributed by atoms with E-state index in [1.807, 2.05) is 0 Å². The molecular formula is C13H12N6O4. The molecule has 23 heavy (non-hydrogen) atoms. The Balaban J connectivity index is 1.88. The molecule has 0 saturated carbocycles. The van der Waals surface area contributed by atoms with Crippen LogP contribution in [-0.4, -0.2) is 45.9 Å². The summed E-state index contributed by atoms with van der Waals surface area (Å²) >= 11 is 0. The fraction of sp³-hybridized carbons (Fsp3) is 0.154. The van der Waals surface area contributed by atoms with E-state index in [1.165, 1.54) is 13.2 Å². The molecule has 2 N–H and O–H groups in total. The summed E-state index contributed by atoms with van der Waals surface area (Å²) < 4.78 is 15.7. The van der Waals surface area contributed by atoms with Crippen LogP contribution in [0.4, 0.5) is 5.95 Å². The molecule has 0 spiro atoms. The molecule has 0 aliphatic carbocycles. The van der Waals surface area contributed by atoms with Crippen LogP contribution in [0.2, 0.25) is 0 Å². The minimum Gasteiger partial charge on any atom is -0.497 e. The lowest BCUT2D eigenvalue weighted by Crippen LogP contribution is -2.13. The van der Waals surface area contributed by atoms with Crippen molar-refractivity contribution in [2.24, 2.45) is 0 Å². The van der Waals surface area contributed by atoms with Gasteiger partial charge in [-0.1, -0.05) is 10.3 Å². The smallest absolute Gasteiger partial charge is 0.280 e. The number of tetrazole rings is 1. The average molecular weight is 316 g/mol. The van der Waals surface area contributed by atoms with E-state index < -0.39 is 5.91 Å². The number of nitrogens with one attached hydrogen (secondary N) is 2. The van der Waals surface area contributed by atoms with Crippen molar-refractivity contribution in [2.75, 3.05) is 19.5 Å². The lowest BCUT2D eigenvalue weighted by molar-refractivity contribution is 0.101. The maximum atomic E-state index is 12.0. The molecule has 0 unspecified atom stereocenters. The third kappa shape index (κ3) is 2.95. The molecule has 3 rings (SSSR count). The highest BCUT2D eigenvalue weighted by Gasteiger charge is 2.18. The number of amides is 1. The van der Waals surface area contributed by atoms with Crippen LogP contribution in [0.3, 0.4) is 0 Å². The highest BCUT2D eigenvalue weighted by molar-refractivity contribution is 6.02. The molecular weight excluding hydrogens is 304 g/mol. The van der Waals surface area contributed by atoms with Crippen molar-refractivity contribution >= 4 is 11.9 Å². The van der Waals surface area contributed by atoms with E-state index in [1.54, 1.807) is 25.3 Å². The van der Waals surface area contributed by atoms with Crippen LogP contribution >= 0.6 is 0 Å². The predicted molar refractivity (Wildman–Crippen MR) is 77.2 cm³/mol. The van der Waals surface area contributed by atoms with E-state index >= 15 is 0 Å². The minimum absolute atomic E-state index is 0.0403. The number of methoxy groups -OCH3 is 2. The van der Waals surface area contributed by atoms with Crippen LogP contribution in [0.25, 0.3) is 11.3 Å². The van der Waals surface area contributed by atoms with E-state index in [4.69, 9.17) is 14.0 Å². The van der Waals surface area contributed by atoms with Gasteiger partial charge in [0.1, 0.15) is 11.5 Å². The lowest BCUT2D eigenvalue weighted by Gasteiger charge is -2.07. The molecule has 1 amide bonds. The summed E-state index contributed by atoms with van der Waals surface area (Å²) in [5.41, 5.74) is 0.674. The second-order valence-electron chi connectivity index (χ2n) is 4.33. The summed E-state index contributed by atoms with van der Waals surface area (Å²) in [5.74, 6) is 1.06. The van der Waals surface area contributed by atoms with Gasteiger partial charge in [-0.25, -0.2) is 0 Å². The third-order valence-corrected chi connectivity index (χ3v) is 2.99. The number of nitrogens with zero attached hydrogens (tertiary/aromatic N) is 4. The molecule has 2 aromatic heterocycles. The number of hydrogen-bond donors (Lipinski definition) is 2. The van der Waals surface area contributed by atoms with Gasteiger partial charge < -0.3 is 14.0 Å². The van der Waals surface area contributed by atoms with E-state index in [2.05, 4.69) is 31.1 Å². The quantitative estimate of drug-likeness (QED) is 0.716. The van der Waals surface area contributed by atoms with E-state index in [-0.39, 0.29) is 11.6 Å². The fourth-order valence-electron chi connectivity index (χ4n) is 1.90. The Hall–Kier alpha value is -3.43. The Bertz CT molecular complexity index is 814. The molecule has 10 heteroatoms. The summed E-state index contributed by atoms with van der Waals surface area (Å²) in [6, 6.07) is 6.69. The number of aromatic nitrogens is 5. The SMILES string of the molecule is COc1ccc(OC)c(-c2cc(C(=O)Nc3nn[nH]n3)no2)c1. The van der Waals surface area contributed by atoms with Crippen LogP contribution in [0.5, 0.6) is 11.5 Å². The molecule has 0 aliphatic rings. The topological polar surface area (TPSA) is 128 Å². The number of ether oxygens (including phenoxy) is 2. The minimum atomic E-state index is -0.525. The number of aromatic amines is 1. The van der Waals surface area contributed by atoms with Gasteiger partial charge in [-0.05, 0) is 23.4 Å². The van der Waals surface area contributed by atoms with Gasteiger partial charge in [0.05, 0.1) is 19.8 Å². The number of H-pyrrole nitrogens is 1. The lowest BCUT2D eigenvalue weighted by atomic mass is 10.1. The van der Waals surface area contributed by atoms with Crippen molar-refractivity contribution in [2.45, 2.75) is 0 Å². The zero-order chi connectivity index (χ0) is 16.2. The first-order valence-electron chi connectivity index (χ1n) is 6.45. The Morgan fingerprint density at radius 1 is 1.26 bits per heavy atom. The number of carbonyl (C=O) groups excluding carboxylic acids is 1. The third-order valence-electron chi connectivity index (χ3n) is 2.99. The maximum Gasteiger partial charge on any atom is 0.280 e. The van der Waals surface area contributed by atoms with Gasteiger partial charge in [0.2, 0.25) is 0 Å². The number of carbonyl (C=O) groups is 1. The molecule has 1 aromatic carbocycles. The fourth-order valence-corrected chi connectivity index (χ4v) is 1.90. The molecule has 0 aliphatic heterocycles. The van der Waals surface area contributed by atoms with E-state index in [0.717, 1.165) is 0 Å². The zero-order valence-electron chi connectivity index (χ0n) is 12.2. The Kier molecular flexibility index (Phi) is 3.87. The van der Waals surface area contributed by atoms with Gasteiger partial charge >= 0.3 is 0 Å². The standard InChI is InChI=1S/C13H12N6O4/c1-21-7-3-4-10(22-2)8(5-7)11-6-9(17-23-11)12(20)14-13-15-18-19-16-13/h3-6H,1-2H3,(H2,14,15,16,18,19,20). The van der Waals surface area contributed by atoms with Crippen LogP contribution in [0.15, 0.2) is 28.8 Å². The Morgan fingerprint density at radius 2 is 2.13 bits per heavy atom. The normalized spacial score (nSPS) is 10.3. The van der Waals surface area contributed by atoms with Gasteiger partial charge in [-0.2, -0.15) is 5.21 Å². The second-order valence-corrected chi connectivity index (χ2v) is 4.33. The summed E-state index contributed by atoms with van der Waals surface area (Å²) in [6.45, 7) is 0. The molecule has 0 radical (unpaired) electrons. The van der Waals surface area contributed by atoms with Crippen molar-refractivity contribution in [3.63, 3.8) is 0 Å². The Morgan fingerprint density at radius 3 is 2.83 bits per heavy atom. The Labute approximate surface area is 129 Å². The molecule has 0 saturated heterocycles. The van der Waals surface area contributed by atoms with E-state index in [0.29, 0.717) is 22.8 Å². The van der Waals surface area contributed by atoms with Crippen LogP contribution in [0.1, 0.15) is 10.5 Å². The van der Waals surface area contributed by atoms with Gasteiger partial charge in [0, 0.05) is 6.07 Å². The van der Waals surface area contributed by atoms with Gasteiger partial charge in [0.25, 0.3) is 11.9 Å². The number of anilines is 1. The molecule has 3 aromatic rings. The summed E-state index contributed by atoms with van der Waals surface area (Å²) in [4.78, 5) is 12.0. The molecule has 0 fully saturated rings. The first-order chi connectivity index (χ1) is 11.2. The zero-order valence-corrected chi connectivity index (χ0v) is 12.2. The average Bonchev–Trinajstić information content (AvgIpc) is 3.25. The van der Waals surface area contributed by atoms with Crippen molar-refractivity contribution in [1.82, 2.24) is 25.8 Å². The van der Waals surface area contributed by atoms with Gasteiger partial charge in [-0.3, -0.25) is 10.1 Å². The highest BCUT2D eigenvalue weighted by Crippen LogP contribution is 2.33.